The number of carbonyl (C=O) groups is 2. The van der Waals surface area contributed by atoms with Gasteiger partial charge in [-0.3, -0.25) is 19.6 Å². The Balaban J connectivity index is 0.000000202. The predicted molar refractivity (Wildman–Crippen MR) is 205 cm³/mol. The fourth-order valence-corrected chi connectivity index (χ4v) is 5.89. The number of amides is 2. The molecular formula is C38H37BrN6O7. The SMILES string of the molecule is COc1cc2ncc(C(N)=O)c(Nc3cccc(CO)c3C)c2cc1OC.COc1cc2ncc(C(N)=O)c(Nc3ccccc3Br)c2cc1OC. The van der Waals surface area contributed by atoms with Gasteiger partial charge in [-0.1, -0.05) is 24.3 Å². The van der Waals surface area contributed by atoms with E-state index in [1.54, 1.807) is 45.6 Å². The van der Waals surface area contributed by atoms with Crippen LogP contribution >= 0.6 is 15.9 Å². The molecular weight excluding hydrogens is 732 g/mol. The number of rotatable bonds is 11. The number of carbonyl (C=O) groups excluding carboxylic acids is 2. The number of nitrogens with zero attached hydrogens (tertiary/aromatic N) is 2. The van der Waals surface area contributed by atoms with Gasteiger partial charge in [-0.25, -0.2) is 0 Å². The molecule has 7 N–H and O–H groups in total. The maximum absolute atomic E-state index is 12.0. The first-order valence-corrected chi connectivity index (χ1v) is 16.5. The van der Waals surface area contributed by atoms with E-state index in [0.29, 0.717) is 56.2 Å². The van der Waals surface area contributed by atoms with Gasteiger partial charge < -0.3 is 46.2 Å². The predicted octanol–water partition coefficient (Wildman–Crippen LogP) is 6.75. The van der Waals surface area contributed by atoms with Crippen LogP contribution < -0.4 is 41.0 Å². The Morgan fingerprint density at radius 3 is 1.58 bits per heavy atom. The summed E-state index contributed by atoms with van der Waals surface area (Å²) in [7, 11) is 6.19. The van der Waals surface area contributed by atoms with Crippen molar-refractivity contribution in [1.29, 1.82) is 0 Å². The fourth-order valence-electron chi connectivity index (χ4n) is 5.50. The van der Waals surface area contributed by atoms with Crippen LogP contribution in [0.3, 0.4) is 0 Å². The summed E-state index contributed by atoms with van der Waals surface area (Å²) in [6.07, 6.45) is 2.89. The monoisotopic (exact) mass is 768 g/mol. The number of ether oxygens (including phenoxy) is 4. The van der Waals surface area contributed by atoms with Gasteiger partial charge in [0.2, 0.25) is 0 Å². The molecule has 0 bridgehead atoms. The maximum atomic E-state index is 12.0. The minimum atomic E-state index is -0.599. The highest BCUT2D eigenvalue weighted by molar-refractivity contribution is 9.10. The fraction of sp³-hybridized carbons (Fsp3) is 0.158. The van der Waals surface area contributed by atoms with Gasteiger partial charge in [0.1, 0.15) is 0 Å². The Hall–Kier alpha value is -6.12. The Labute approximate surface area is 308 Å². The summed E-state index contributed by atoms with van der Waals surface area (Å²) in [4.78, 5) is 32.5. The summed E-state index contributed by atoms with van der Waals surface area (Å²) in [6, 6.07) is 20.1. The number of halogens is 1. The summed E-state index contributed by atoms with van der Waals surface area (Å²) >= 11 is 3.49. The first-order chi connectivity index (χ1) is 25.0. The highest BCUT2D eigenvalue weighted by atomic mass is 79.9. The molecule has 0 aliphatic carbocycles. The highest BCUT2D eigenvalue weighted by Gasteiger charge is 2.19. The molecule has 2 amide bonds. The molecule has 0 atom stereocenters. The molecule has 0 radical (unpaired) electrons. The van der Waals surface area contributed by atoms with Crippen molar-refractivity contribution < 1.29 is 33.6 Å². The van der Waals surface area contributed by atoms with E-state index < -0.39 is 11.8 Å². The molecule has 2 aromatic heterocycles. The number of primary amides is 2. The van der Waals surface area contributed by atoms with Crippen molar-refractivity contribution >= 4 is 72.3 Å². The maximum Gasteiger partial charge on any atom is 0.252 e. The largest absolute Gasteiger partial charge is 0.493 e. The number of methoxy groups -OCH3 is 4. The lowest BCUT2D eigenvalue weighted by molar-refractivity contribution is 0.0992. The van der Waals surface area contributed by atoms with Crippen LogP contribution in [0.5, 0.6) is 23.0 Å². The zero-order valence-corrected chi connectivity index (χ0v) is 30.6. The Morgan fingerprint density at radius 1 is 0.692 bits per heavy atom. The van der Waals surface area contributed by atoms with Crippen LogP contribution in [0.1, 0.15) is 31.8 Å². The van der Waals surface area contributed by atoms with Crippen molar-refractivity contribution in [1.82, 2.24) is 9.97 Å². The molecule has 13 nitrogen and oxygen atoms in total. The first kappa shape index (κ1) is 37.1. The summed E-state index contributed by atoms with van der Waals surface area (Å²) in [5.41, 5.74) is 17.2. The smallest absolute Gasteiger partial charge is 0.252 e. The number of aliphatic hydroxyl groups excluding tert-OH is 1. The van der Waals surface area contributed by atoms with Crippen LogP contribution in [0.15, 0.2) is 83.6 Å². The van der Waals surface area contributed by atoms with E-state index in [4.69, 9.17) is 30.4 Å². The lowest BCUT2D eigenvalue weighted by atomic mass is 10.0. The van der Waals surface area contributed by atoms with E-state index in [9.17, 15) is 14.7 Å². The standard InChI is InChI=1S/C20H21N3O4.C18H16BrN3O3/c1-11-12(10-24)5-4-6-15(11)23-19-13-7-17(26-2)18(27-3)8-16(13)22-9-14(19)20(21)25;1-24-15-7-10-14(8-16(15)25-2)21-9-11(18(20)23)17(10)22-13-6-4-3-5-12(13)19/h4-9,24H,10H2,1-3H3,(H2,21,25)(H,22,23);3-9H,1-2H3,(H2,20,23)(H,21,22). The number of hydrogen-bond donors (Lipinski definition) is 5. The molecule has 6 rings (SSSR count). The van der Waals surface area contributed by atoms with Crippen LogP contribution in [0, 0.1) is 6.92 Å². The van der Waals surface area contributed by atoms with Crippen LogP contribution in [0.2, 0.25) is 0 Å². The molecule has 0 saturated heterocycles. The molecule has 0 saturated carbocycles. The third-order valence-corrected chi connectivity index (χ3v) is 8.98. The van der Waals surface area contributed by atoms with E-state index >= 15 is 0 Å². The highest BCUT2D eigenvalue weighted by Crippen LogP contribution is 2.39. The Morgan fingerprint density at radius 2 is 1.13 bits per heavy atom. The van der Waals surface area contributed by atoms with E-state index in [1.165, 1.54) is 19.5 Å². The second-order valence-corrected chi connectivity index (χ2v) is 12.1. The summed E-state index contributed by atoms with van der Waals surface area (Å²) in [5.74, 6) is 0.970. The Bertz CT molecular complexity index is 2300. The lowest BCUT2D eigenvalue weighted by Gasteiger charge is -2.17. The van der Waals surface area contributed by atoms with Crippen LogP contribution in [-0.2, 0) is 6.61 Å². The lowest BCUT2D eigenvalue weighted by Crippen LogP contribution is -2.14. The topological polar surface area (TPSA) is 193 Å². The number of hydrogen-bond acceptors (Lipinski definition) is 11. The molecule has 0 unspecified atom stereocenters. The number of fused-ring (bicyclic) bond motifs is 2. The average molecular weight is 770 g/mol. The molecule has 0 fully saturated rings. The number of aromatic nitrogens is 2. The van der Waals surface area contributed by atoms with Gasteiger partial charge in [0.05, 0.1) is 74.3 Å². The van der Waals surface area contributed by atoms with Gasteiger partial charge in [-0.2, -0.15) is 0 Å². The Kier molecular flexibility index (Phi) is 11.6. The molecule has 0 aliphatic rings. The second kappa shape index (κ2) is 16.3. The van der Waals surface area contributed by atoms with Gasteiger partial charge in [-0.15, -0.1) is 0 Å². The van der Waals surface area contributed by atoms with Gasteiger partial charge in [0, 0.05) is 45.5 Å². The van der Waals surface area contributed by atoms with E-state index in [2.05, 4.69) is 36.5 Å². The number of nitrogens with two attached hydrogens (primary N) is 2. The van der Waals surface area contributed by atoms with Crippen LogP contribution in [-0.4, -0.2) is 55.3 Å². The normalized spacial score (nSPS) is 10.6. The number of nitrogens with one attached hydrogen (secondary N) is 2. The van der Waals surface area contributed by atoms with Crippen molar-refractivity contribution in [2.75, 3.05) is 39.1 Å². The zero-order valence-electron chi connectivity index (χ0n) is 29.0. The summed E-state index contributed by atoms with van der Waals surface area (Å²) in [6.45, 7) is 1.82. The molecule has 6 aromatic rings. The molecule has 52 heavy (non-hydrogen) atoms. The second-order valence-electron chi connectivity index (χ2n) is 11.2. The van der Waals surface area contributed by atoms with E-state index in [1.807, 2.05) is 49.4 Å². The molecule has 268 valence electrons. The average Bonchev–Trinajstić information content (AvgIpc) is 3.15. The molecule has 14 heteroatoms. The molecule has 4 aromatic carbocycles. The van der Waals surface area contributed by atoms with Crippen molar-refractivity contribution in [2.45, 2.75) is 13.5 Å². The first-order valence-electron chi connectivity index (χ1n) is 15.7. The van der Waals surface area contributed by atoms with Crippen molar-refractivity contribution in [3.63, 3.8) is 0 Å². The van der Waals surface area contributed by atoms with E-state index in [0.717, 1.165) is 27.0 Å². The molecule has 2 heterocycles. The zero-order chi connectivity index (χ0) is 37.5. The van der Waals surface area contributed by atoms with Gasteiger partial charge >= 0.3 is 0 Å². The van der Waals surface area contributed by atoms with Crippen LogP contribution in [0.25, 0.3) is 21.8 Å². The van der Waals surface area contributed by atoms with Crippen molar-refractivity contribution in [3.05, 3.63) is 106 Å². The van der Waals surface area contributed by atoms with Crippen LogP contribution in [0.4, 0.5) is 22.7 Å². The van der Waals surface area contributed by atoms with Crippen molar-refractivity contribution in [3.8, 4) is 23.0 Å². The molecule has 0 spiro atoms. The summed E-state index contributed by atoms with van der Waals surface area (Å²) in [5, 5.41) is 17.4. The number of aliphatic hydroxyl groups is 1. The van der Waals surface area contributed by atoms with Gasteiger partial charge in [0.25, 0.3) is 11.8 Å². The van der Waals surface area contributed by atoms with Crippen molar-refractivity contribution in [2.24, 2.45) is 11.5 Å². The number of pyridine rings is 2. The van der Waals surface area contributed by atoms with Gasteiger partial charge in [-0.05, 0) is 64.3 Å². The third-order valence-electron chi connectivity index (χ3n) is 8.29. The summed E-state index contributed by atoms with van der Waals surface area (Å²) < 4.78 is 22.2. The number of benzene rings is 4. The number of anilines is 4. The minimum absolute atomic E-state index is 0.0772. The minimum Gasteiger partial charge on any atom is -0.493 e. The quantitative estimate of drug-likeness (QED) is 0.0936. The third kappa shape index (κ3) is 7.62. The van der Waals surface area contributed by atoms with Gasteiger partial charge in [0.15, 0.2) is 23.0 Å². The number of para-hydroxylation sites is 1. The van der Waals surface area contributed by atoms with E-state index in [-0.39, 0.29) is 17.7 Å². The molecule has 0 aliphatic heterocycles.